The molecule has 1 atom stereocenters. The second kappa shape index (κ2) is 14.4. The first-order chi connectivity index (χ1) is 17.1. The maximum absolute atomic E-state index is 13.6. The molecule has 5 heteroatoms. The Bertz CT molecular complexity index is 1040. The summed E-state index contributed by atoms with van der Waals surface area (Å²) in [5.41, 5.74) is 4.48. The van der Waals surface area contributed by atoms with Gasteiger partial charge in [-0.05, 0) is 30.0 Å². The Morgan fingerprint density at radius 2 is 1.49 bits per heavy atom. The smallest absolute Gasteiger partial charge is 0.243 e. The predicted octanol–water partition coefficient (Wildman–Crippen LogP) is 5.78. The van der Waals surface area contributed by atoms with E-state index in [0.29, 0.717) is 25.3 Å². The summed E-state index contributed by atoms with van der Waals surface area (Å²) in [5, 5.41) is 3.07. The fourth-order valence-electron chi connectivity index (χ4n) is 3.86. The third-order valence-electron chi connectivity index (χ3n) is 5.91. The van der Waals surface area contributed by atoms with Crippen molar-refractivity contribution < 1.29 is 9.59 Å². The highest BCUT2D eigenvalue weighted by molar-refractivity contribution is 7.99. The van der Waals surface area contributed by atoms with Crippen LogP contribution in [0.1, 0.15) is 42.0 Å². The number of thioether (sulfide) groups is 1. The monoisotopic (exact) mass is 488 g/mol. The van der Waals surface area contributed by atoms with E-state index in [1.165, 1.54) is 11.1 Å². The number of amides is 2. The molecule has 0 saturated heterocycles. The maximum Gasteiger partial charge on any atom is 0.243 e. The lowest BCUT2D eigenvalue weighted by molar-refractivity contribution is -0.139. The van der Waals surface area contributed by atoms with Crippen LogP contribution in [0.4, 0.5) is 0 Å². The molecule has 0 aliphatic rings. The van der Waals surface area contributed by atoms with Crippen LogP contribution in [-0.2, 0) is 28.3 Å². The van der Waals surface area contributed by atoms with Gasteiger partial charge in [-0.25, -0.2) is 0 Å². The van der Waals surface area contributed by atoms with Crippen molar-refractivity contribution in [2.45, 2.75) is 51.4 Å². The minimum atomic E-state index is -0.568. The average molecular weight is 489 g/mol. The van der Waals surface area contributed by atoms with Crippen molar-refractivity contribution in [1.29, 1.82) is 0 Å². The molecule has 4 nitrogen and oxygen atoms in total. The first kappa shape index (κ1) is 26.6. The lowest BCUT2D eigenvalue weighted by atomic mass is 10.0. The highest BCUT2D eigenvalue weighted by Gasteiger charge is 2.30. The molecular formula is C30H36N2O2S. The molecule has 3 aromatic rings. The van der Waals surface area contributed by atoms with E-state index in [1.807, 2.05) is 60.7 Å². The SMILES string of the molecule is CCCCNC(=O)[C@@H](Cc1ccccc1)N(Cc1ccccc1)C(=O)CSCc1ccc(C)cc1. The number of hydrogen-bond acceptors (Lipinski definition) is 3. The molecule has 2 amide bonds. The molecule has 0 spiro atoms. The van der Waals surface area contributed by atoms with Gasteiger partial charge in [-0.3, -0.25) is 9.59 Å². The van der Waals surface area contributed by atoms with Crippen LogP contribution < -0.4 is 5.32 Å². The zero-order valence-electron chi connectivity index (χ0n) is 20.8. The number of rotatable bonds is 13. The van der Waals surface area contributed by atoms with Crippen LogP contribution in [0.2, 0.25) is 0 Å². The Labute approximate surface area is 214 Å². The molecule has 0 aromatic heterocycles. The molecule has 0 aliphatic heterocycles. The molecule has 3 aromatic carbocycles. The van der Waals surface area contributed by atoms with Crippen LogP contribution in [0.25, 0.3) is 0 Å². The van der Waals surface area contributed by atoms with Gasteiger partial charge in [0.25, 0.3) is 0 Å². The van der Waals surface area contributed by atoms with Crippen LogP contribution in [0.15, 0.2) is 84.9 Å². The van der Waals surface area contributed by atoms with Crippen LogP contribution in [0, 0.1) is 6.92 Å². The van der Waals surface area contributed by atoms with Gasteiger partial charge in [0, 0.05) is 25.3 Å². The minimum absolute atomic E-state index is 0.0162. The lowest BCUT2D eigenvalue weighted by Gasteiger charge is -2.31. The average Bonchev–Trinajstić information content (AvgIpc) is 2.88. The summed E-state index contributed by atoms with van der Waals surface area (Å²) in [7, 11) is 0. The number of nitrogens with zero attached hydrogens (tertiary/aromatic N) is 1. The third-order valence-corrected chi connectivity index (χ3v) is 6.90. The minimum Gasteiger partial charge on any atom is -0.354 e. The van der Waals surface area contributed by atoms with Crippen LogP contribution >= 0.6 is 11.8 Å². The number of unbranched alkanes of at least 4 members (excludes halogenated alkanes) is 1. The summed E-state index contributed by atoms with van der Waals surface area (Å²) in [6.07, 6.45) is 2.41. The Morgan fingerprint density at radius 1 is 0.857 bits per heavy atom. The van der Waals surface area contributed by atoms with E-state index in [1.54, 1.807) is 16.7 Å². The van der Waals surface area contributed by atoms with Gasteiger partial charge in [0.1, 0.15) is 6.04 Å². The van der Waals surface area contributed by atoms with E-state index in [0.717, 1.165) is 29.7 Å². The van der Waals surface area contributed by atoms with Crippen molar-refractivity contribution in [2.75, 3.05) is 12.3 Å². The molecule has 0 unspecified atom stereocenters. The number of aryl methyl sites for hydroxylation is 1. The summed E-state index contributed by atoms with van der Waals surface area (Å²) in [4.78, 5) is 28.7. The van der Waals surface area contributed by atoms with E-state index >= 15 is 0 Å². The zero-order valence-corrected chi connectivity index (χ0v) is 21.6. The van der Waals surface area contributed by atoms with Crippen LogP contribution in [-0.4, -0.2) is 35.1 Å². The van der Waals surface area contributed by atoms with Gasteiger partial charge < -0.3 is 10.2 Å². The summed E-state index contributed by atoms with van der Waals surface area (Å²) in [6, 6.07) is 27.7. The van der Waals surface area contributed by atoms with E-state index in [9.17, 15) is 9.59 Å². The Kier molecular flexibility index (Phi) is 10.9. The largest absolute Gasteiger partial charge is 0.354 e. The van der Waals surface area contributed by atoms with Gasteiger partial charge >= 0.3 is 0 Å². The fraction of sp³-hybridized carbons (Fsp3) is 0.333. The molecule has 184 valence electrons. The van der Waals surface area contributed by atoms with Gasteiger partial charge in [-0.2, -0.15) is 0 Å². The Morgan fingerprint density at radius 3 is 2.11 bits per heavy atom. The van der Waals surface area contributed by atoms with Gasteiger partial charge in [-0.1, -0.05) is 104 Å². The quantitative estimate of drug-likeness (QED) is 0.310. The van der Waals surface area contributed by atoms with E-state index < -0.39 is 6.04 Å². The maximum atomic E-state index is 13.6. The molecule has 3 rings (SSSR count). The predicted molar refractivity (Wildman–Crippen MR) is 146 cm³/mol. The topological polar surface area (TPSA) is 49.4 Å². The molecule has 0 fully saturated rings. The number of carbonyl (C=O) groups excluding carboxylic acids is 2. The lowest BCUT2D eigenvalue weighted by Crippen LogP contribution is -2.51. The van der Waals surface area contributed by atoms with Gasteiger partial charge in [0.15, 0.2) is 0 Å². The molecule has 35 heavy (non-hydrogen) atoms. The molecule has 1 N–H and O–H groups in total. The molecule has 0 radical (unpaired) electrons. The molecule has 0 bridgehead atoms. The van der Waals surface area contributed by atoms with Crippen molar-refractivity contribution >= 4 is 23.6 Å². The number of nitrogens with one attached hydrogen (secondary N) is 1. The Balaban J connectivity index is 1.79. The van der Waals surface area contributed by atoms with E-state index in [-0.39, 0.29) is 11.8 Å². The van der Waals surface area contributed by atoms with Gasteiger partial charge in [0.05, 0.1) is 5.75 Å². The van der Waals surface area contributed by atoms with Crippen molar-refractivity contribution in [3.63, 3.8) is 0 Å². The van der Waals surface area contributed by atoms with Crippen molar-refractivity contribution in [3.8, 4) is 0 Å². The summed E-state index contributed by atoms with van der Waals surface area (Å²) >= 11 is 1.59. The van der Waals surface area contributed by atoms with E-state index in [2.05, 4.69) is 43.4 Å². The number of hydrogen-bond donors (Lipinski definition) is 1. The molecule has 0 saturated carbocycles. The second-order valence-corrected chi connectivity index (χ2v) is 9.82. The van der Waals surface area contributed by atoms with Crippen molar-refractivity contribution in [3.05, 3.63) is 107 Å². The fourth-order valence-corrected chi connectivity index (χ4v) is 4.73. The second-order valence-electron chi connectivity index (χ2n) is 8.84. The van der Waals surface area contributed by atoms with Crippen molar-refractivity contribution in [1.82, 2.24) is 10.2 Å². The normalized spacial score (nSPS) is 11.6. The van der Waals surface area contributed by atoms with E-state index in [4.69, 9.17) is 0 Å². The van der Waals surface area contributed by atoms with Gasteiger partial charge in [0.2, 0.25) is 11.8 Å². The van der Waals surface area contributed by atoms with Gasteiger partial charge in [-0.15, -0.1) is 11.8 Å². The molecule has 0 aliphatic carbocycles. The summed E-state index contributed by atoms with van der Waals surface area (Å²) in [6.45, 7) is 5.20. The zero-order chi connectivity index (χ0) is 24.9. The Hall–Kier alpha value is -3.05. The molecular weight excluding hydrogens is 452 g/mol. The van der Waals surface area contributed by atoms with Crippen LogP contribution in [0.3, 0.4) is 0 Å². The first-order valence-electron chi connectivity index (χ1n) is 12.3. The third kappa shape index (κ3) is 8.91. The standard InChI is InChI=1S/C30H36N2O2S/c1-3-4-19-31-30(34)28(20-25-11-7-5-8-12-25)32(21-26-13-9-6-10-14-26)29(33)23-35-22-27-17-15-24(2)16-18-27/h5-18,28H,3-4,19-23H2,1-2H3,(H,31,34)/t28-/m1/s1. The van der Waals surface area contributed by atoms with Crippen molar-refractivity contribution in [2.24, 2.45) is 0 Å². The highest BCUT2D eigenvalue weighted by atomic mass is 32.2. The first-order valence-corrected chi connectivity index (χ1v) is 13.5. The molecule has 0 heterocycles. The summed E-state index contributed by atoms with van der Waals surface area (Å²) in [5.74, 6) is 0.985. The van der Waals surface area contributed by atoms with Crippen LogP contribution in [0.5, 0.6) is 0 Å². The number of carbonyl (C=O) groups is 2. The summed E-state index contributed by atoms with van der Waals surface area (Å²) < 4.78 is 0. The highest BCUT2D eigenvalue weighted by Crippen LogP contribution is 2.19. The number of benzene rings is 3.